The van der Waals surface area contributed by atoms with E-state index in [0.717, 1.165) is 18.4 Å². The van der Waals surface area contributed by atoms with Gasteiger partial charge in [0.25, 0.3) is 0 Å². The van der Waals surface area contributed by atoms with E-state index >= 15 is 0 Å². The molecule has 1 aliphatic heterocycles. The Kier molecular flexibility index (Phi) is 5.23. The van der Waals surface area contributed by atoms with Crippen LogP contribution in [0.2, 0.25) is 5.02 Å². The molecule has 2 aromatic carbocycles. The molecule has 3 rings (SSSR count). The van der Waals surface area contributed by atoms with Gasteiger partial charge in [-0.25, -0.2) is 12.8 Å². The maximum atomic E-state index is 13.8. The Morgan fingerprint density at radius 3 is 2.46 bits per heavy atom. The van der Waals surface area contributed by atoms with Crippen molar-refractivity contribution in [1.82, 2.24) is 4.31 Å². The van der Waals surface area contributed by atoms with Gasteiger partial charge in [-0.15, -0.1) is 0 Å². The van der Waals surface area contributed by atoms with E-state index in [1.807, 2.05) is 24.3 Å². The van der Waals surface area contributed by atoms with Gasteiger partial charge in [-0.2, -0.15) is 4.31 Å². The van der Waals surface area contributed by atoms with Gasteiger partial charge in [0.1, 0.15) is 5.82 Å². The quantitative estimate of drug-likeness (QED) is 0.800. The normalized spacial score (nSPS) is 18.8. The van der Waals surface area contributed by atoms with Crippen LogP contribution in [0.15, 0.2) is 48.5 Å². The third kappa shape index (κ3) is 3.79. The first-order chi connectivity index (χ1) is 11.5. The van der Waals surface area contributed by atoms with Crippen LogP contribution in [0.1, 0.15) is 24.0 Å². The zero-order valence-electron chi connectivity index (χ0n) is 13.2. The molecule has 0 saturated carbocycles. The molecule has 0 aliphatic carbocycles. The summed E-state index contributed by atoms with van der Waals surface area (Å²) in [5, 5.41) is 0.649. The molecule has 0 aromatic heterocycles. The maximum Gasteiger partial charge on any atom is 0.218 e. The molecule has 1 heterocycles. The van der Waals surface area contributed by atoms with E-state index in [1.165, 1.54) is 16.4 Å². The lowest BCUT2D eigenvalue weighted by molar-refractivity contribution is 0.384. The van der Waals surface area contributed by atoms with Crippen LogP contribution in [0.3, 0.4) is 0 Å². The monoisotopic (exact) mass is 367 g/mol. The van der Waals surface area contributed by atoms with E-state index in [0.29, 0.717) is 18.0 Å². The van der Waals surface area contributed by atoms with Crippen LogP contribution in [-0.2, 0) is 22.2 Å². The lowest BCUT2D eigenvalue weighted by Crippen LogP contribution is -2.37. The molecular weight excluding hydrogens is 349 g/mol. The molecule has 128 valence electrons. The molecule has 0 amide bonds. The SMILES string of the molecule is O=S(=O)(Cc1ccccc1F)N1CCCC1Cc1ccccc1Cl. The number of hydrogen-bond acceptors (Lipinski definition) is 2. The molecule has 0 bridgehead atoms. The summed E-state index contributed by atoms with van der Waals surface area (Å²) in [5.74, 6) is -0.790. The summed E-state index contributed by atoms with van der Waals surface area (Å²) in [6.45, 7) is 0.478. The van der Waals surface area contributed by atoms with Crippen LogP contribution in [0, 0.1) is 5.82 Å². The Hall–Kier alpha value is -1.43. The van der Waals surface area contributed by atoms with Gasteiger partial charge in [0, 0.05) is 23.2 Å². The van der Waals surface area contributed by atoms with Crippen molar-refractivity contribution < 1.29 is 12.8 Å². The molecule has 2 aromatic rings. The summed E-state index contributed by atoms with van der Waals surface area (Å²) in [4.78, 5) is 0. The molecule has 3 nitrogen and oxygen atoms in total. The number of hydrogen-bond donors (Lipinski definition) is 0. The highest BCUT2D eigenvalue weighted by Crippen LogP contribution is 2.28. The zero-order chi connectivity index (χ0) is 17.2. The van der Waals surface area contributed by atoms with E-state index in [1.54, 1.807) is 12.1 Å². The van der Waals surface area contributed by atoms with Crippen molar-refractivity contribution in [3.05, 3.63) is 70.5 Å². The highest BCUT2D eigenvalue weighted by molar-refractivity contribution is 7.88. The first kappa shape index (κ1) is 17.4. The minimum Gasteiger partial charge on any atom is -0.212 e. The van der Waals surface area contributed by atoms with Crippen LogP contribution in [0.5, 0.6) is 0 Å². The fourth-order valence-corrected chi connectivity index (χ4v) is 5.24. The summed E-state index contributed by atoms with van der Waals surface area (Å²) in [7, 11) is -3.57. The Morgan fingerprint density at radius 2 is 1.75 bits per heavy atom. The van der Waals surface area contributed by atoms with Gasteiger partial charge in [-0.1, -0.05) is 48.0 Å². The zero-order valence-corrected chi connectivity index (χ0v) is 14.7. The molecule has 6 heteroatoms. The van der Waals surface area contributed by atoms with Gasteiger partial charge < -0.3 is 0 Å². The predicted octanol–water partition coefficient (Wildman–Crippen LogP) is 4.02. The molecule has 0 spiro atoms. The fourth-order valence-electron chi connectivity index (χ4n) is 3.19. The van der Waals surface area contributed by atoms with E-state index in [9.17, 15) is 12.8 Å². The van der Waals surface area contributed by atoms with E-state index in [2.05, 4.69) is 0 Å². The van der Waals surface area contributed by atoms with Crippen LogP contribution in [0.4, 0.5) is 4.39 Å². The van der Waals surface area contributed by atoms with Gasteiger partial charge in [0.15, 0.2) is 0 Å². The smallest absolute Gasteiger partial charge is 0.212 e. The first-order valence-electron chi connectivity index (χ1n) is 7.94. The van der Waals surface area contributed by atoms with E-state index in [4.69, 9.17) is 11.6 Å². The Labute approximate surface area is 147 Å². The molecule has 1 unspecified atom stereocenters. The molecule has 1 saturated heterocycles. The lowest BCUT2D eigenvalue weighted by atomic mass is 10.0. The Bertz CT molecular complexity index is 825. The third-order valence-corrected chi connectivity index (χ3v) is 6.63. The van der Waals surface area contributed by atoms with Crippen molar-refractivity contribution in [3.8, 4) is 0 Å². The second-order valence-corrected chi connectivity index (χ2v) is 8.38. The summed E-state index contributed by atoms with van der Waals surface area (Å²) in [5.41, 5.74) is 1.15. The standard InChI is InChI=1S/C18H19ClFNO2S/c19-17-9-3-1-6-14(17)12-16-8-5-11-21(16)24(22,23)13-15-7-2-4-10-18(15)20/h1-4,6-7,9-10,16H,5,8,11-13H2. The van der Waals surface area contributed by atoms with Gasteiger partial charge in [0.2, 0.25) is 10.0 Å². The minimum atomic E-state index is -3.57. The molecular formula is C18H19ClFNO2S. The largest absolute Gasteiger partial charge is 0.218 e. The molecule has 0 N–H and O–H groups in total. The predicted molar refractivity (Wildman–Crippen MR) is 93.9 cm³/mol. The van der Waals surface area contributed by atoms with Crippen molar-refractivity contribution in [2.45, 2.75) is 31.1 Å². The fraction of sp³-hybridized carbons (Fsp3) is 0.333. The molecule has 1 aliphatic rings. The van der Waals surface area contributed by atoms with Crippen molar-refractivity contribution in [1.29, 1.82) is 0 Å². The number of halogens is 2. The molecule has 24 heavy (non-hydrogen) atoms. The van der Waals surface area contributed by atoms with E-state index < -0.39 is 15.8 Å². The second-order valence-electron chi connectivity index (χ2n) is 6.05. The number of nitrogens with zero attached hydrogens (tertiary/aromatic N) is 1. The van der Waals surface area contributed by atoms with Crippen LogP contribution in [0.25, 0.3) is 0 Å². The average Bonchev–Trinajstić information content (AvgIpc) is 3.01. The van der Waals surface area contributed by atoms with Crippen molar-refractivity contribution in [3.63, 3.8) is 0 Å². The minimum absolute atomic E-state index is 0.123. The Morgan fingerprint density at radius 1 is 1.08 bits per heavy atom. The molecule has 1 atom stereocenters. The first-order valence-corrected chi connectivity index (χ1v) is 9.92. The highest BCUT2D eigenvalue weighted by atomic mass is 35.5. The third-order valence-electron chi connectivity index (χ3n) is 4.39. The second kappa shape index (κ2) is 7.21. The average molecular weight is 368 g/mol. The van der Waals surface area contributed by atoms with Crippen molar-refractivity contribution in [2.75, 3.05) is 6.54 Å². The topological polar surface area (TPSA) is 37.4 Å². The van der Waals surface area contributed by atoms with Crippen LogP contribution in [-0.4, -0.2) is 25.3 Å². The van der Waals surface area contributed by atoms with Crippen LogP contribution >= 0.6 is 11.6 Å². The number of sulfonamides is 1. The lowest BCUT2D eigenvalue weighted by Gasteiger charge is -2.24. The summed E-state index contributed by atoms with van der Waals surface area (Å²) < 4.78 is 40.9. The van der Waals surface area contributed by atoms with Crippen molar-refractivity contribution >= 4 is 21.6 Å². The van der Waals surface area contributed by atoms with Crippen molar-refractivity contribution in [2.24, 2.45) is 0 Å². The molecule has 1 fully saturated rings. The van der Waals surface area contributed by atoms with Gasteiger partial charge in [-0.05, 0) is 37.0 Å². The van der Waals surface area contributed by atoms with Gasteiger partial charge >= 0.3 is 0 Å². The maximum absolute atomic E-state index is 13.8. The van der Waals surface area contributed by atoms with Gasteiger partial charge in [0.05, 0.1) is 5.75 Å². The molecule has 0 radical (unpaired) electrons. The van der Waals surface area contributed by atoms with E-state index in [-0.39, 0.29) is 17.4 Å². The van der Waals surface area contributed by atoms with Gasteiger partial charge in [-0.3, -0.25) is 0 Å². The summed E-state index contributed by atoms with van der Waals surface area (Å²) >= 11 is 6.20. The highest BCUT2D eigenvalue weighted by Gasteiger charge is 2.34. The number of rotatable bonds is 5. The number of benzene rings is 2. The van der Waals surface area contributed by atoms with Crippen LogP contribution < -0.4 is 0 Å². The summed E-state index contributed by atoms with van der Waals surface area (Å²) in [6, 6.07) is 13.4. The summed E-state index contributed by atoms with van der Waals surface area (Å²) in [6.07, 6.45) is 2.18. The Balaban J connectivity index is 1.79.